The lowest BCUT2D eigenvalue weighted by molar-refractivity contribution is 0.432. The van der Waals surface area contributed by atoms with E-state index in [4.69, 9.17) is 27.9 Å². The minimum absolute atomic E-state index is 0.579. The highest BCUT2D eigenvalue weighted by Crippen LogP contribution is 2.44. The Morgan fingerprint density at radius 2 is 1.75 bits per heavy atom. The molecule has 0 saturated carbocycles. The third-order valence-corrected chi connectivity index (χ3v) is 4.71. The lowest BCUT2D eigenvalue weighted by atomic mass is 10.0. The maximum absolute atomic E-state index is 6.54. The minimum Gasteiger partial charge on any atom is -0.439 e. The Morgan fingerprint density at radius 1 is 1.00 bits per heavy atom. The second kappa shape index (κ2) is 6.50. The van der Waals surface area contributed by atoms with E-state index >= 15 is 0 Å². The molecule has 0 unspecified atom stereocenters. The molecule has 0 bridgehead atoms. The van der Waals surface area contributed by atoms with Crippen molar-refractivity contribution in [3.63, 3.8) is 0 Å². The van der Waals surface area contributed by atoms with Gasteiger partial charge in [0, 0.05) is 12.6 Å². The molecule has 0 amide bonds. The van der Waals surface area contributed by atoms with E-state index in [1.54, 1.807) is 4.68 Å². The van der Waals surface area contributed by atoms with E-state index in [0.717, 1.165) is 33.7 Å². The lowest BCUT2D eigenvalue weighted by Crippen LogP contribution is -1.96. The summed E-state index contributed by atoms with van der Waals surface area (Å²) in [7, 11) is 1.85. The standard InChI is InChI=1S/C19H18Cl2N2O/c1-11-6-5-7-14(10-11)24-19-16(13(3)22-23(19)4)17-15(20)9-8-12(2)18(17)21/h5-10H,1-4H3. The van der Waals surface area contributed by atoms with Crippen molar-refractivity contribution in [2.24, 2.45) is 7.05 Å². The second-order valence-corrected chi connectivity index (χ2v) is 6.65. The van der Waals surface area contributed by atoms with Gasteiger partial charge in [-0.3, -0.25) is 0 Å². The van der Waals surface area contributed by atoms with Crippen molar-refractivity contribution in [3.05, 3.63) is 63.3 Å². The Morgan fingerprint density at radius 3 is 2.46 bits per heavy atom. The first-order valence-electron chi connectivity index (χ1n) is 7.61. The van der Waals surface area contributed by atoms with Gasteiger partial charge in [-0.2, -0.15) is 5.10 Å². The third kappa shape index (κ3) is 3.02. The van der Waals surface area contributed by atoms with Gasteiger partial charge in [-0.15, -0.1) is 0 Å². The first kappa shape index (κ1) is 16.9. The van der Waals surface area contributed by atoms with Gasteiger partial charge >= 0.3 is 0 Å². The summed E-state index contributed by atoms with van der Waals surface area (Å²) < 4.78 is 7.84. The van der Waals surface area contributed by atoms with Gasteiger partial charge in [0.2, 0.25) is 5.88 Å². The zero-order valence-electron chi connectivity index (χ0n) is 14.0. The maximum Gasteiger partial charge on any atom is 0.225 e. The molecule has 0 aliphatic carbocycles. The summed E-state index contributed by atoms with van der Waals surface area (Å²) in [6.45, 7) is 5.90. The normalized spacial score (nSPS) is 10.9. The number of hydrogen-bond donors (Lipinski definition) is 0. The number of nitrogens with zero attached hydrogens (tertiary/aromatic N) is 2. The van der Waals surface area contributed by atoms with E-state index in [2.05, 4.69) is 5.10 Å². The molecule has 0 radical (unpaired) electrons. The number of ether oxygens (including phenoxy) is 1. The lowest BCUT2D eigenvalue weighted by Gasteiger charge is -2.13. The first-order valence-corrected chi connectivity index (χ1v) is 8.37. The van der Waals surface area contributed by atoms with Gasteiger partial charge < -0.3 is 4.74 Å². The highest BCUT2D eigenvalue weighted by Gasteiger charge is 2.22. The highest BCUT2D eigenvalue weighted by molar-refractivity contribution is 6.39. The zero-order valence-corrected chi connectivity index (χ0v) is 15.5. The van der Waals surface area contributed by atoms with Crippen LogP contribution in [0.5, 0.6) is 11.6 Å². The van der Waals surface area contributed by atoms with Crippen LogP contribution in [0, 0.1) is 20.8 Å². The molecule has 5 heteroatoms. The van der Waals surface area contributed by atoms with Gasteiger partial charge in [-0.1, -0.05) is 41.4 Å². The SMILES string of the molecule is Cc1cccc(Oc2c(-c3c(Cl)ccc(C)c3Cl)c(C)nn2C)c1. The smallest absolute Gasteiger partial charge is 0.225 e. The summed E-state index contributed by atoms with van der Waals surface area (Å²) in [5.74, 6) is 1.37. The second-order valence-electron chi connectivity index (χ2n) is 5.86. The van der Waals surface area contributed by atoms with Crippen molar-refractivity contribution in [3.8, 4) is 22.8 Å². The first-order chi connectivity index (χ1) is 11.4. The van der Waals surface area contributed by atoms with E-state index in [1.807, 2.05) is 64.2 Å². The van der Waals surface area contributed by atoms with Crippen LogP contribution in [-0.4, -0.2) is 9.78 Å². The molecule has 0 atom stereocenters. The predicted octanol–water partition coefficient (Wildman–Crippen LogP) is 6.11. The number of benzene rings is 2. The van der Waals surface area contributed by atoms with E-state index in [-0.39, 0.29) is 0 Å². The average Bonchev–Trinajstić information content (AvgIpc) is 2.79. The molecular weight excluding hydrogens is 343 g/mol. The average molecular weight is 361 g/mol. The van der Waals surface area contributed by atoms with Gasteiger partial charge in [-0.05, 0) is 50.1 Å². The molecule has 3 rings (SSSR count). The molecule has 0 aliphatic heterocycles. The van der Waals surface area contributed by atoms with Crippen LogP contribution < -0.4 is 4.74 Å². The van der Waals surface area contributed by atoms with Crippen LogP contribution in [-0.2, 0) is 7.05 Å². The van der Waals surface area contributed by atoms with Gasteiger partial charge in [0.05, 0.1) is 21.3 Å². The molecule has 1 heterocycles. The molecule has 124 valence electrons. The van der Waals surface area contributed by atoms with Gasteiger partial charge in [0.15, 0.2) is 0 Å². The van der Waals surface area contributed by atoms with E-state index in [1.165, 1.54) is 0 Å². The molecule has 0 saturated heterocycles. The van der Waals surface area contributed by atoms with E-state index in [9.17, 15) is 0 Å². The van der Waals surface area contributed by atoms with E-state index in [0.29, 0.717) is 15.9 Å². The third-order valence-electron chi connectivity index (χ3n) is 3.91. The van der Waals surface area contributed by atoms with Crippen LogP contribution in [0.2, 0.25) is 10.0 Å². The van der Waals surface area contributed by atoms with Crippen LogP contribution in [0.3, 0.4) is 0 Å². The molecule has 0 aliphatic rings. The molecule has 3 aromatic rings. The molecule has 0 fully saturated rings. The summed E-state index contributed by atoms with van der Waals surface area (Å²) in [4.78, 5) is 0. The van der Waals surface area contributed by atoms with Crippen molar-refractivity contribution in [1.82, 2.24) is 9.78 Å². The number of hydrogen-bond acceptors (Lipinski definition) is 2. The van der Waals surface area contributed by atoms with Crippen LogP contribution in [0.1, 0.15) is 16.8 Å². The Hall–Kier alpha value is -1.97. The van der Waals surface area contributed by atoms with Crippen molar-refractivity contribution in [2.45, 2.75) is 20.8 Å². The largest absolute Gasteiger partial charge is 0.439 e. The highest BCUT2D eigenvalue weighted by atomic mass is 35.5. The predicted molar refractivity (Wildman–Crippen MR) is 99.4 cm³/mol. The van der Waals surface area contributed by atoms with Crippen molar-refractivity contribution in [2.75, 3.05) is 0 Å². The van der Waals surface area contributed by atoms with Crippen LogP contribution >= 0.6 is 23.2 Å². The van der Waals surface area contributed by atoms with E-state index < -0.39 is 0 Å². The fourth-order valence-corrected chi connectivity index (χ4v) is 3.28. The molecule has 24 heavy (non-hydrogen) atoms. The fraction of sp³-hybridized carbons (Fsp3) is 0.211. The summed E-state index contributed by atoms with van der Waals surface area (Å²) in [5.41, 5.74) is 4.47. The Balaban J connectivity index is 2.19. The van der Waals surface area contributed by atoms with Crippen LogP contribution in [0.15, 0.2) is 36.4 Å². The Bertz CT molecular complexity index is 916. The molecule has 2 aromatic carbocycles. The molecule has 3 nitrogen and oxygen atoms in total. The molecule has 1 aromatic heterocycles. The Kier molecular flexibility index (Phi) is 4.57. The summed E-state index contributed by atoms with van der Waals surface area (Å²) in [6.07, 6.45) is 0. The van der Waals surface area contributed by atoms with Crippen molar-refractivity contribution < 1.29 is 4.74 Å². The summed E-state index contributed by atoms with van der Waals surface area (Å²) in [6, 6.07) is 11.6. The minimum atomic E-state index is 0.579. The quantitative estimate of drug-likeness (QED) is 0.563. The Labute approximate surface area is 151 Å². The fourth-order valence-electron chi connectivity index (χ4n) is 2.72. The topological polar surface area (TPSA) is 27.1 Å². The summed E-state index contributed by atoms with van der Waals surface area (Å²) >= 11 is 13.0. The monoisotopic (exact) mass is 360 g/mol. The number of aryl methyl sites for hydroxylation is 4. The zero-order chi connectivity index (χ0) is 17.4. The van der Waals surface area contributed by atoms with Gasteiger partial charge in [0.25, 0.3) is 0 Å². The molecule has 0 N–H and O–H groups in total. The maximum atomic E-state index is 6.54. The van der Waals surface area contributed by atoms with Crippen molar-refractivity contribution >= 4 is 23.2 Å². The molecular formula is C19H18Cl2N2O. The van der Waals surface area contributed by atoms with Crippen LogP contribution in [0.4, 0.5) is 0 Å². The van der Waals surface area contributed by atoms with Gasteiger partial charge in [-0.25, -0.2) is 4.68 Å². The number of rotatable bonds is 3. The van der Waals surface area contributed by atoms with Crippen LogP contribution in [0.25, 0.3) is 11.1 Å². The number of halogens is 2. The van der Waals surface area contributed by atoms with Gasteiger partial charge in [0.1, 0.15) is 5.75 Å². The summed E-state index contributed by atoms with van der Waals surface area (Å²) in [5, 5.41) is 5.69. The number of aromatic nitrogens is 2. The van der Waals surface area contributed by atoms with Crippen molar-refractivity contribution in [1.29, 1.82) is 0 Å². The molecule has 0 spiro atoms.